The van der Waals surface area contributed by atoms with Gasteiger partial charge < -0.3 is 4.74 Å². The molecule has 3 aromatic rings. The lowest BCUT2D eigenvalue weighted by Crippen LogP contribution is -2.54. The number of halogens is 1. The average Bonchev–Trinajstić information content (AvgIpc) is 2.78. The minimum absolute atomic E-state index is 0.166. The molecule has 0 saturated carbocycles. The first-order valence-corrected chi connectivity index (χ1v) is 11.1. The third-order valence-electron chi connectivity index (χ3n) is 5.59. The van der Waals surface area contributed by atoms with Gasteiger partial charge in [0.2, 0.25) is 0 Å². The first-order valence-electron chi connectivity index (χ1n) is 10.7. The molecule has 1 saturated heterocycles. The standard InChI is InChI=1S/C27H23ClN2O4/c1-16-5-4-6-21(11-16)30-26(32)22(25(31)29-27(30)33)13-19-9-10-24(23(28)14-19)34-15-20-8-7-17(2)18(3)12-20/h4-14H,15H2,1-3H3,(H,29,31,33)/b22-13+. The zero-order chi connectivity index (χ0) is 24.4. The van der Waals surface area contributed by atoms with Crippen LogP contribution in [0.15, 0.2) is 66.2 Å². The Hall–Kier alpha value is -3.90. The summed E-state index contributed by atoms with van der Waals surface area (Å²) in [4.78, 5) is 38.8. The van der Waals surface area contributed by atoms with Crippen molar-refractivity contribution in [3.63, 3.8) is 0 Å². The Morgan fingerprint density at radius 1 is 0.941 bits per heavy atom. The number of rotatable bonds is 5. The van der Waals surface area contributed by atoms with Gasteiger partial charge in [0.15, 0.2) is 0 Å². The second kappa shape index (κ2) is 9.53. The number of urea groups is 1. The molecule has 1 heterocycles. The van der Waals surface area contributed by atoms with Gasteiger partial charge in [-0.25, -0.2) is 9.69 Å². The topological polar surface area (TPSA) is 75.7 Å². The van der Waals surface area contributed by atoms with Crippen molar-refractivity contribution in [3.05, 3.63) is 99.1 Å². The zero-order valence-corrected chi connectivity index (χ0v) is 19.8. The summed E-state index contributed by atoms with van der Waals surface area (Å²) >= 11 is 6.40. The molecular weight excluding hydrogens is 452 g/mol. The Kier molecular flexibility index (Phi) is 6.52. The molecule has 1 N–H and O–H groups in total. The van der Waals surface area contributed by atoms with Gasteiger partial charge in [0.1, 0.15) is 17.9 Å². The van der Waals surface area contributed by atoms with Crippen LogP contribution in [0.2, 0.25) is 5.02 Å². The summed E-state index contributed by atoms with van der Waals surface area (Å²) in [6, 6.07) is 17.2. The van der Waals surface area contributed by atoms with E-state index in [1.165, 1.54) is 17.2 Å². The number of imide groups is 2. The number of aryl methyl sites for hydroxylation is 3. The van der Waals surface area contributed by atoms with E-state index in [9.17, 15) is 14.4 Å². The van der Waals surface area contributed by atoms with Gasteiger partial charge in [-0.1, -0.05) is 48.0 Å². The van der Waals surface area contributed by atoms with Gasteiger partial charge in [-0.2, -0.15) is 0 Å². The van der Waals surface area contributed by atoms with Crippen molar-refractivity contribution in [2.24, 2.45) is 0 Å². The summed E-state index contributed by atoms with van der Waals surface area (Å²) in [6.07, 6.45) is 1.41. The highest BCUT2D eigenvalue weighted by atomic mass is 35.5. The molecule has 0 radical (unpaired) electrons. The lowest BCUT2D eigenvalue weighted by molar-refractivity contribution is -0.122. The molecule has 34 heavy (non-hydrogen) atoms. The number of nitrogens with zero attached hydrogens (tertiary/aromatic N) is 1. The fourth-order valence-electron chi connectivity index (χ4n) is 3.60. The Bertz CT molecular complexity index is 1350. The van der Waals surface area contributed by atoms with E-state index in [1.807, 2.05) is 32.0 Å². The highest BCUT2D eigenvalue weighted by Crippen LogP contribution is 2.29. The van der Waals surface area contributed by atoms with E-state index in [1.54, 1.807) is 36.4 Å². The van der Waals surface area contributed by atoms with Gasteiger partial charge in [0.25, 0.3) is 11.8 Å². The van der Waals surface area contributed by atoms with Gasteiger partial charge in [-0.05, 0) is 78.9 Å². The Balaban J connectivity index is 1.55. The van der Waals surface area contributed by atoms with Gasteiger partial charge in [-0.3, -0.25) is 14.9 Å². The van der Waals surface area contributed by atoms with Crippen molar-refractivity contribution < 1.29 is 19.1 Å². The van der Waals surface area contributed by atoms with Crippen molar-refractivity contribution in [1.29, 1.82) is 0 Å². The maximum Gasteiger partial charge on any atom is 0.335 e. The summed E-state index contributed by atoms with van der Waals surface area (Å²) in [5.41, 5.74) is 5.04. The van der Waals surface area contributed by atoms with E-state index >= 15 is 0 Å². The molecule has 0 bridgehead atoms. The molecule has 1 aliphatic rings. The second-order valence-corrected chi connectivity index (χ2v) is 8.60. The second-order valence-electron chi connectivity index (χ2n) is 8.19. The predicted octanol–water partition coefficient (Wildman–Crippen LogP) is 5.51. The van der Waals surface area contributed by atoms with E-state index in [0.29, 0.717) is 28.6 Å². The number of carbonyl (C=O) groups excluding carboxylic acids is 3. The summed E-state index contributed by atoms with van der Waals surface area (Å²) in [6.45, 7) is 6.31. The number of nitrogens with one attached hydrogen (secondary N) is 1. The Morgan fingerprint density at radius 3 is 2.44 bits per heavy atom. The van der Waals surface area contributed by atoms with E-state index in [4.69, 9.17) is 16.3 Å². The molecule has 0 aromatic heterocycles. The van der Waals surface area contributed by atoms with Crippen LogP contribution in [-0.2, 0) is 16.2 Å². The van der Waals surface area contributed by atoms with Crippen molar-refractivity contribution in [2.45, 2.75) is 27.4 Å². The third kappa shape index (κ3) is 4.87. The maximum atomic E-state index is 13.0. The lowest BCUT2D eigenvalue weighted by Gasteiger charge is -2.26. The minimum atomic E-state index is -0.786. The van der Waals surface area contributed by atoms with Gasteiger partial charge in [0.05, 0.1) is 10.7 Å². The van der Waals surface area contributed by atoms with Crippen LogP contribution in [0.3, 0.4) is 0 Å². The summed E-state index contributed by atoms with van der Waals surface area (Å²) in [5, 5.41) is 2.56. The molecule has 4 rings (SSSR count). The third-order valence-corrected chi connectivity index (χ3v) is 5.89. The first kappa shape index (κ1) is 23.3. The van der Waals surface area contributed by atoms with Crippen LogP contribution in [0.5, 0.6) is 5.75 Å². The van der Waals surface area contributed by atoms with Crippen LogP contribution >= 0.6 is 11.6 Å². The zero-order valence-electron chi connectivity index (χ0n) is 19.0. The largest absolute Gasteiger partial charge is 0.487 e. The highest BCUT2D eigenvalue weighted by molar-refractivity contribution is 6.39. The maximum absolute atomic E-state index is 13.0. The van der Waals surface area contributed by atoms with Gasteiger partial charge in [0, 0.05) is 0 Å². The molecule has 7 heteroatoms. The van der Waals surface area contributed by atoms with Crippen molar-refractivity contribution in [2.75, 3.05) is 4.90 Å². The minimum Gasteiger partial charge on any atom is -0.487 e. The lowest BCUT2D eigenvalue weighted by atomic mass is 10.1. The van der Waals surface area contributed by atoms with Crippen molar-refractivity contribution in [3.8, 4) is 5.75 Å². The summed E-state index contributed by atoms with van der Waals surface area (Å²) in [7, 11) is 0. The number of barbiturate groups is 1. The Labute approximate surface area is 202 Å². The van der Waals surface area contributed by atoms with Gasteiger partial charge >= 0.3 is 6.03 Å². The average molecular weight is 475 g/mol. The van der Waals surface area contributed by atoms with E-state index in [-0.39, 0.29) is 5.57 Å². The molecule has 1 fully saturated rings. The van der Waals surface area contributed by atoms with Crippen molar-refractivity contribution >= 4 is 41.2 Å². The van der Waals surface area contributed by atoms with Crippen LogP contribution in [0.1, 0.15) is 27.8 Å². The predicted molar refractivity (Wildman–Crippen MR) is 132 cm³/mol. The number of ether oxygens (including phenoxy) is 1. The summed E-state index contributed by atoms with van der Waals surface area (Å²) in [5.74, 6) is -0.978. The number of amides is 4. The van der Waals surface area contributed by atoms with Crippen LogP contribution in [-0.4, -0.2) is 17.8 Å². The van der Waals surface area contributed by atoms with Crippen LogP contribution in [0.4, 0.5) is 10.5 Å². The van der Waals surface area contributed by atoms with E-state index < -0.39 is 17.8 Å². The normalized spacial score (nSPS) is 15.0. The van der Waals surface area contributed by atoms with Crippen LogP contribution in [0.25, 0.3) is 6.08 Å². The molecule has 4 amide bonds. The molecule has 0 unspecified atom stereocenters. The molecule has 0 spiro atoms. The first-order chi connectivity index (χ1) is 16.2. The molecular formula is C27H23ClN2O4. The van der Waals surface area contributed by atoms with E-state index in [2.05, 4.69) is 18.3 Å². The number of benzene rings is 3. The van der Waals surface area contributed by atoms with E-state index in [0.717, 1.165) is 16.0 Å². The molecule has 6 nitrogen and oxygen atoms in total. The molecule has 1 aliphatic heterocycles. The fourth-order valence-corrected chi connectivity index (χ4v) is 3.85. The molecule has 3 aromatic carbocycles. The fraction of sp³-hybridized carbons (Fsp3) is 0.148. The molecule has 0 aliphatic carbocycles. The molecule has 0 atom stereocenters. The number of hydrogen-bond donors (Lipinski definition) is 1. The number of carbonyl (C=O) groups is 3. The SMILES string of the molecule is Cc1cccc(N2C(=O)NC(=O)/C(=C\c3ccc(OCc4ccc(C)c(C)c4)c(Cl)c3)C2=O)c1. The number of anilines is 1. The van der Waals surface area contributed by atoms with Crippen molar-refractivity contribution in [1.82, 2.24) is 5.32 Å². The smallest absolute Gasteiger partial charge is 0.335 e. The Morgan fingerprint density at radius 2 is 1.74 bits per heavy atom. The van der Waals surface area contributed by atoms with Crippen LogP contribution in [0, 0.1) is 20.8 Å². The quantitative estimate of drug-likeness (QED) is 0.390. The van der Waals surface area contributed by atoms with Crippen LogP contribution < -0.4 is 15.0 Å². The van der Waals surface area contributed by atoms with Gasteiger partial charge in [-0.15, -0.1) is 0 Å². The number of hydrogen-bond acceptors (Lipinski definition) is 4. The molecule has 172 valence electrons. The summed E-state index contributed by atoms with van der Waals surface area (Å²) < 4.78 is 5.85. The monoisotopic (exact) mass is 474 g/mol. The highest BCUT2D eigenvalue weighted by Gasteiger charge is 2.36.